The van der Waals surface area contributed by atoms with E-state index in [-0.39, 0.29) is 23.3 Å². The molecule has 0 radical (unpaired) electrons. The Morgan fingerprint density at radius 2 is 2.00 bits per heavy atom. The number of Topliss-reactive ketones (excluding diaryl/α,β-unsaturated/α-hetero) is 1. The number of carbonyl (C=O) groups is 1. The lowest BCUT2D eigenvalue weighted by atomic mass is 10.0. The number of halogens is 2. The largest absolute Gasteiger partial charge is 0.294 e. The number of hydrogen-bond acceptors (Lipinski definition) is 1. The zero-order valence-electron chi connectivity index (χ0n) is 7.53. The molecule has 0 spiro atoms. The van der Waals surface area contributed by atoms with Crippen molar-refractivity contribution >= 4 is 5.78 Å². The van der Waals surface area contributed by atoms with Crippen molar-refractivity contribution in [1.29, 1.82) is 0 Å². The molecule has 0 saturated carbocycles. The molecule has 1 nitrogen and oxygen atoms in total. The first-order chi connectivity index (χ1) is 6.07. The lowest BCUT2D eigenvalue weighted by molar-refractivity contribution is 0.101. The first-order valence-corrected chi connectivity index (χ1v) is 4.05. The Bertz CT molecular complexity index is 345. The van der Waals surface area contributed by atoms with Crippen LogP contribution in [-0.2, 0) is 6.42 Å². The molecular weight excluding hydrogens is 174 g/mol. The van der Waals surface area contributed by atoms with Gasteiger partial charge in [-0.3, -0.25) is 4.79 Å². The van der Waals surface area contributed by atoms with E-state index in [9.17, 15) is 13.6 Å². The van der Waals surface area contributed by atoms with E-state index >= 15 is 0 Å². The summed E-state index contributed by atoms with van der Waals surface area (Å²) >= 11 is 0. The third kappa shape index (κ3) is 1.74. The lowest BCUT2D eigenvalue weighted by Crippen LogP contribution is -2.03. The zero-order valence-corrected chi connectivity index (χ0v) is 7.53. The number of benzene rings is 1. The minimum atomic E-state index is -0.727. The van der Waals surface area contributed by atoms with Crippen molar-refractivity contribution in [3.8, 4) is 0 Å². The predicted molar refractivity (Wildman–Crippen MR) is 45.7 cm³/mol. The summed E-state index contributed by atoms with van der Waals surface area (Å²) in [6.07, 6.45) is 0.249. The molecule has 1 rings (SSSR count). The molecule has 0 aromatic heterocycles. The summed E-state index contributed by atoms with van der Waals surface area (Å²) < 4.78 is 26.3. The van der Waals surface area contributed by atoms with E-state index in [2.05, 4.69) is 0 Å². The minimum absolute atomic E-state index is 0.0206. The van der Waals surface area contributed by atoms with Crippen LogP contribution in [0.15, 0.2) is 12.1 Å². The Labute approximate surface area is 75.4 Å². The highest BCUT2D eigenvalue weighted by molar-refractivity contribution is 5.94. The van der Waals surface area contributed by atoms with Gasteiger partial charge in [0.25, 0.3) is 0 Å². The van der Waals surface area contributed by atoms with Crippen LogP contribution in [0.4, 0.5) is 8.78 Å². The van der Waals surface area contributed by atoms with Crippen LogP contribution in [0.5, 0.6) is 0 Å². The number of hydrogen-bond donors (Lipinski definition) is 0. The van der Waals surface area contributed by atoms with Gasteiger partial charge in [-0.05, 0) is 25.5 Å². The monoisotopic (exact) mass is 184 g/mol. The molecule has 0 aliphatic rings. The van der Waals surface area contributed by atoms with Gasteiger partial charge in [0, 0.05) is 5.56 Å². The van der Waals surface area contributed by atoms with E-state index in [4.69, 9.17) is 0 Å². The summed E-state index contributed by atoms with van der Waals surface area (Å²) in [5.41, 5.74) is -0.0639. The molecule has 3 heteroatoms. The number of rotatable bonds is 2. The van der Waals surface area contributed by atoms with Gasteiger partial charge in [-0.1, -0.05) is 6.92 Å². The molecular formula is C10H10F2O. The molecule has 0 N–H and O–H groups in total. The van der Waals surface area contributed by atoms with Crippen molar-refractivity contribution in [3.63, 3.8) is 0 Å². The Hall–Kier alpha value is -1.25. The van der Waals surface area contributed by atoms with Gasteiger partial charge in [-0.25, -0.2) is 8.78 Å². The van der Waals surface area contributed by atoms with Gasteiger partial charge < -0.3 is 0 Å². The Morgan fingerprint density at radius 1 is 1.38 bits per heavy atom. The zero-order chi connectivity index (χ0) is 10.0. The Balaban J connectivity index is 3.35. The highest BCUT2D eigenvalue weighted by atomic mass is 19.1. The third-order valence-corrected chi connectivity index (χ3v) is 1.92. The molecule has 1 aromatic carbocycles. The van der Waals surface area contributed by atoms with Gasteiger partial charge >= 0.3 is 0 Å². The van der Waals surface area contributed by atoms with Crippen molar-refractivity contribution in [2.45, 2.75) is 20.3 Å². The maximum atomic E-state index is 13.3. The van der Waals surface area contributed by atoms with Gasteiger partial charge in [0.2, 0.25) is 0 Å². The molecule has 0 heterocycles. The van der Waals surface area contributed by atoms with Gasteiger partial charge in [0.05, 0.1) is 5.56 Å². The molecule has 0 unspecified atom stereocenters. The first kappa shape index (κ1) is 9.84. The van der Waals surface area contributed by atoms with Crippen LogP contribution < -0.4 is 0 Å². The molecule has 0 saturated heterocycles. The van der Waals surface area contributed by atoms with Gasteiger partial charge in [0.15, 0.2) is 5.78 Å². The molecule has 13 heavy (non-hydrogen) atoms. The molecule has 1 aromatic rings. The highest BCUT2D eigenvalue weighted by Gasteiger charge is 2.14. The minimum Gasteiger partial charge on any atom is -0.294 e. The summed E-state index contributed by atoms with van der Waals surface area (Å²) in [6.45, 7) is 2.90. The molecule has 70 valence electrons. The normalized spacial score (nSPS) is 10.2. The second kappa shape index (κ2) is 3.64. The van der Waals surface area contributed by atoms with Crippen LogP contribution in [0.2, 0.25) is 0 Å². The van der Waals surface area contributed by atoms with Crippen LogP contribution in [-0.4, -0.2) is 5.78 Å². The number of carbonyl (C=O) groups excluding carboxylic acids is 1. The van der Waals surface area contributed by atoms with E-state index < -0.39 is 11.6 Å². The average Bonchev–Trinajstić information content (AvgIpc) is 2.04. The molecule has 0 aliphatic carbocycles. The Morgan fingerprint density at radius 3 is 2.46 bits per heavy atom. The van der Waals surface area contributed by atoms with Gasteiger partial charge in [-0.2, -0.15) is 0 Å². The molecule has 0 amide bonds. The van der Waals surface area contributed by atoms with Crippen molar-refractivity contribution in [3.05, 3.63) is 34.9 Å². The quantitative estimate of drug-likeness (QED) is 0.646. The summed E-state index contributed by atoms with van der Waals surface area (Å²) in [6, 6.07) is 2.30. The van der Waals surface area contributed by atoms with E-state index in [1.165, 1.54) is 13.0 Å². The van der Waals surface area contributed by atoms with Crippen molar-refractivity contribution in [2.75, 3.05) is 0 Å². The summed E-state index contributed by atoms with van der Waals surface area (Å²) in [5, 5.41) is 0. The summed E-state index contributed by atoms with van der Waals surface area (Å²) in [4.78, 5) is 10.9. The molecule has 0 atom stereocenters. The molecule has 0 fully saturated rings. The van der Waals surface area contributed by atoms with E-state index in [0.29, 0.717) is 0 Å². The van der Waals surface area contributed by atoms with Crippen molar-refractivity contribution < 1.29 is 13.6 Å². The smallest absolute Gasteiger partial charge is 0.162 e. The summed E-state index contributed by atoms with van der Waals surface area (Å²) in [5.74, 6) is -1.70. The average molecular weight is 184 g/mol. The SMILES string of the molecule is CCc1c(F)ccc(C(C)=O)c1F. The fraction of sp³-hybridized carbons (Fsp3) is 0.300. The second-order valence-corrected chi connectivity index (χ2v) is 2.80. The molecule has 0 bridgehead atoms. The van der Waals surface area contributed by atoms with E-state index in [1.807, 2.05) is 0 Å². The third-order valence-electron chi connectivity index (χ3n) is 1.92. The first-order valence-electron chi connectivity index (χ1n) is 4.05. The fourth-order valence-corrected chi connectivity index (χ4v) is 1.19. The van der Waals surface area contributed by atoms with E-state index in [1.54, 1.807) is 6.92 Å². The topological polar surface area (TPSA) is 17.1 Å². The fourth-order valence-electron chi connectivity index (χ4n) is 1.19. The lowest BCUT2D eigenvalue weighted by Gasteiger charge is -2.04. The van der Waals surface area contributed by atoms with Gasteiger partial charge in [0.1, 0.15) is 11.6 Å². The van der Waals surface area contributed by atoms with Crippen LogP contribution in [0, 0.1) is 11.6 Å². The highest BCUT2D eigenvalue weighted by Crippen LogP contribution is 2.17. The predicted octanol–water partition coefficient (Wildman–Crippen LogP) is 2.73. The molecule has 0 aliphatic heterocycles. The standard InChI is InChI=1S/C10H10F2O/c1-3-7-9(11)5-4-8(6(2)13)10(7)12/h4-5H,3H2,1-2H3. The second-order valence-electron chi connectivity index (χ2n) is 2.80. The maximum Gasteiger partial charge on any atom is 0.162 e. The maximum absolute atomic E-state index is 13.3. The van der Waals surface area contributed by atoms with Crippen LogP contribution >= 0.6 is 0 Å². The van der Waals surface area contributed by atoms with E-state index in [0.717, 1.165) is 6.07 Å². The van der Waals surface area contributed by atoms with Crippen LogP contribution in [0.3, 0.4) is 0 Å². The summed E-state index contributed by atoms with van der Waals surface area (Å²) in [7, 11) is 0. The Kier molecular flexibility index (Phi) is 2.76. The van der Waals surface area contributed by atoms with Crippen LogP contribution in [0.25, 0.3) is 0 Å². The van der Waals surface area contributed by atoms with Crippen molar-refractivity contribution in [1.82, 2.24) is 0 Å². The van der Waals surface area contributed by atoms with Gasteiger partial charge in [-0.15, -0.1) is 0 Å². The van der Waals surface area contributed by atoms with Crippen LogP contribution in [0.1, 0.15) is 29.8 Å². The van der Waals surface area contributed by atoms with Crippen molar-refractivity contribution in [2.24, 2.45) is 0 Å². The number of ketones is 1.